The number of rotatable bonds is 3. The van der Waals surface area contributed by atoms with E-state index in [1.165, 1.54) is 0 Å². The standard InChI is InChI=1S/C14H15ClN2O/c1-4-10-8-13(15)17-14(16-10)11-6-5-9(2)7-12(11)18-3/h5-8H,4H2,1-3H3. The number of ether oxygens (including phenoxy) is 1. The van der Waals surface area contributed by atoms with E-state index in [2.05, 4.69) is 9.97 Å². The maximum atomic E-state index is 6.01. The van der Waals surface area contributed by atoms with Crippen LogP contribution in [0.25, 0.3) is 11.4 Å². The van der Waals surface area contributed by atoms with E-state index in [0.29, 0.717) is 11.0 Å². The highest BCUT2D eigenvalue weighted by atomic mass is 35.5. The van der Waals surface area contributed by atoms with Gasteiger partial charge in [-0.25, -0.2) is 9.97 Å². The zero-order chi connectivity index (χ0) is 13.1. The highest BCUT2D eigenvalue weighted by molar-refractivity contribution is 6.29. The van der Waals surface area contributed by atoms with Crippen LogP contribution in [0.2, 0.25) is 5.15 Å². The maximum absolute atomic E-state index is 6.01. The van der Waals surface area contributed by atoms with Gasteiger partial charge in [0.25, 0.3) is 0 Å². The van der Waals surface area contributed by atoms with Gasteiger partial charge in [-0.2, -0.15) is 0 Å². The van der Waals surface area contributed by atoms with Crippen LogP contribution in [0.1, 0.15) is 18.2 Å². The molecule has 94 valence electrons. The van der Waals surface area contributed by atoms with E-state index >= 15 is 0 Å². The van der Waals surface area contributed by atoms with E-state index in [1.54, 1.807) is 13.2 Å². The summed E-state index contributed by atoms with van der Waals surface area (Å²) in [6, 6.07) is 7.71. The van der Waals surface area contributed by atoms with Crippen molar-refractivity contribution in [1.82, 2.24) is 9.97 Å². The van der Waals surface area contributed by atoms with E-state index < -0.39 is 0 Å². The van der Waals surface area contributed by atoms with Gasteiger partial charge in [-0.05, 0) is 37.1 Å². The van der Waals surface area contributed by atoms with Crippen LogP contribution in [0.3, 0.4) is 0 Å². The van der Waals surface area contributed by atoms with Crippen molar-refractivity contribution in [2.24, 2.45) is 0 Å². The fourth-order valence-corrected chi connectivity index (χ4v) is 1.95. The summed E-state index contributed by atoms with van der Waals surface area (Å²) >= 11 is 6.01. The van der Waals surface area contributed by atoms with Crippen LogP contribution < -0.4 is 4.74 Å². The SMILES string of the molecule is CCc1cc(Cl)nc(-c2ccc(C)cc2OC)n1. The minimum absolute atomic E-state index is 0.458. The molecule has 0 N–H and O–H groups in total. The lowest BCUT2D eigenvalue weighted by atomic mass is 10.1. The molecule has 4 heteroatoms. The molecule has 0 atom stereocenters. The molecule has 0 aliphatic rings. The molecular formula is C14H15ClN2O. The first kappa shape index (κ1) is 12.8. The van der Waals surface area contributed by atoms with Gasteiger partial charge in [0.15, 0.2) is 5.82 Å². The van der Waals surface area contributed by atoms with Crippen molar-refractivity contribution in [3.63, 3.8) is 0 Å². The third kappa shape index (κ3) is 2.62. The Morgan fingerprint density at radius 1 is 1.22 bits per heavy atom. The fraction of sp³-hybridized carbons (Fsp3) is 0.286. The number of halogens is 1. The van der Waals surface area contributed by atoms with Crippen molar-refractivity contribution in [3.8, 4) is 17.1 Å². The van der Waals surface area contributed by atoms with E-state index in [9.17, 15) is 0 Å². The summed E-state index contributed by atoms with van der Waals surface area (Å²) in [6.07, 6.45) is 0.823. The topological polar surface area (TPSA) is 35.0 Å². The van der Waals surface area contributed by atoms with Crippen molar-refractivity contribution < 1.29 is 4.74 Å². The minimum Gasteiger partial charge on any atom is -0.496 e. The van der Waals surface area contributed by atoms with Crippen molar-refractivity contribution in [3.05, 3.63) is 40.7 Å². The summed E-state index contributed by atoms with van der Waals surface area (Å²) in [5.74, 6) is 1.37. The third-order valence-electron chi connectivity index (χ3n) is 2.71. The third-order valence-corrected chi connectivity index (χ3v) is 2.90. The first-order valence-electron chi connectivity index (χ1n) is 5.82. The summed E-state index contributed by atoms with van der Waals surface area (Å²) in [4.78, 5) is 8.75. The first-order chi connectivity index (χ1) is 8.63. The Labute approximate surface area is 112 Å². The smallest absolute Gasteiger partial charge is 0.164 e. The number of hydrogen-bond acceptors (Lipinski definition) is 3. The molecule has 0 aliphatic heterocycles. The number of methoxy groups -OCH3 is 1. The average molecular weight is 263 g/mol. The lowest BCUT2D eigenvalue weighted by Gasteiger charge is -2.09. The van der Waals surface area contributed by atoms with Crippen LogP contribution in [-0.4, -0.2) is 17.1 Å². The van der Waals surface area contributed by atoms with Gasteiger partial charge in [0.2, 0.25) is 0 Å². The van der Waals surface area contributed by atoms with Crippen molar-refractivity contribution >= 4 is 11.6 Å². The van der Waals surface area contributed by atoms with E-state index in [0.717, 1.165) is 29.0 Å². The largest absolute Gasteiger partial charge is 0.496 e. The molecular weight excluding hydrogens is 248 g/mol. The number of nitrogens with zero attached hydrogens (tertiary/aromatic N) is 2. The Morgan fingerprint density at radius 3 is 2.67 bits per heavy atom. The Hall–Kier alpha value is -1.61. The number of benzene rings is 1. The van der Waals surface area contributed by atoms with Crippen molar-refractivity contribution in [1.29, 1.82) is 0 Å². The quantitative estimate of drug-likeness (QED) is 0.792. The monoisotopic (exact) mass is 262 g/mol. The van der Waals surface area contributed by atoms with E-state index in [1.807, 2.05) is 32.0 Å². The molecule has 0 saturated heterocycles. The molecule has 18 heavy (non-hydrogen) atoms. The molecule has 0 saturated carbocycles. The van der Waals surface area contributed by atoms with Gasteiger partial charge in [-0.1, -0.05) is 24.6 Å². The summed E-state index contributed by atoms with van der Waals surface area (Å²) in [5.41, 5.74) is 2.92. The predicted molar refractivity (Wildman–Crippen MR) is 73.1 cm³/mol. The summed E-state index contributed by atoms with van der Waals surface area (Å²) in [5, 5.41) is 0.458. The molecule has 0 spiro atoms. The molecule has 0 amide bonds. The average Bonchev–Trinajstić information content (AvgIpc) is 2.37. The van der Waals surface area contributed by atoms with Crippen LogP contribution >= 0.6 is 11.6 Å². The number of aromatic nitrogens is 2. The van der Waals surface area contributed by atoms with Crippen LogP contribution in [0.15, 0.2) is 24.3 Å². The fourth-order valence-electron chi connectivity index (χ4n) is 1.75. The molecule has 2 aromatic rings. The molecule has 1 heterocycles. The second kappa shape index (κ2) is 5.36. The zero-order valence-electron chi connectivity index (χ0n) is 10.7. The molecule has 0 bridgehead atoms. The summed E-state index contributed by atoms with van der Waals surface area (Å²) in [6.45, 7) is 4.05. The highest BCUT2D eigenvalue weighted by Crippen LogP contribution is 2.29. The van der Waals surface area contributed by atoms with Gasteiger partial charge >= 0.3 is 0 Å². The molecule has 0 fully saturated rings. The molecule has 3 nitrogen and oxygen atoms in total. The van der Waals surface area contributed by atoms with Gasteiger partial charge in [-0.15, -0.1) is 0 Å². The number of aryl methyl sites for hydroxylation is 2. The second-order valence-corrected chi connectivity index (χ2v) is 4.45. The lowest BCUT2D eigenvalue weighted by molar-refractivity contribution is 0.416. The van der Waals surface area contributed by atoms with Gasteiger partial charge in [0, 0.05) is 5.69 Å². The van der Waals surface area contributed by atoms with Gasteiger partial charge in [-0.3, -0.25) is 0 Å². The highest BCUT2D eigenvalue weighted by Gasteiger charge is 2.10. The zero-order valence-corrected chi connectivity index (χ0v) is 11.5. The minimum atomic E-state index is 0.458. The Balaban J connectivity index is 2.57. The Kier molecular flexibility index (Phi) is 3.82. The molecule has 1 aromatic heterocycles. The van der Waals surface area contributed by atoms with E-state index in [4.69, 9.17) is 16.3 Å². The van der Waals surface area contributed by atoms with Gasteiger partial charge < -0.3 is 4.74 Å². The molecule has 2 rings (SSSR count). The Bertz CT molecular complexity index is 570. The molecule has 0 aliphatic carbocycles. The van der Waals surface area contributed by atoms with Crippen molar-refractivity contribution in [2.45, 2.75) is 20.3 Å². The molecule has 0 radical (unpaired) electrons. The van der Waals surface area contributed by atoms with Gasteiger partial charge in [0.05, 0.1) is 12.7 Å². The van der Waals surface area contributed by atoms with Gasteiger partial charge in [0.1, 0.15) is 10.9 Å². The van der Waals surface area contributed by atoms with Crippen LogP contribution in [0.5, 0.6) is 5.75 Å². The molecule has 1 aromatic carbocycles. The lowest BCUT2D eigenvalue weighted by Crippen LogP contribution is -1.97. The van der Waals surface area contributed by atoms with Crippen LogP contribution in [-0.2, 0) is 6.42 Å². The predicted octanol–water partition coefficient (Wildman–Crippen LogP) is 3.68. The Morgan fingerprint density at radius 2 is 2.00 bits per heavy atom. The first-order valence-corrected chi connectivity index (χ1v) is 6.20. The maximum Gasteiger partial charge on any atom is 0.164 e. The van der Waals surface area contributed by atoms with Crippen LogP contribution in [0, 0.1) is 6.92 Å². The van der Waals surface area contributed by atoms with E-state index in [-0.39, 0.29) is 0 Å². The van der Waals surface area contributed by atoms with Crippen molar-refractivity contribution in [2.75, 3.05) is 7.11 Å². The summed E-state index contributed by atoms with van der Waals surface area (Å²) < 4.78 is 5.37. The second-order valence-electron chi connectivity index (χ2n) is 4.06. The number of hydrogen-bond donors (Lipinski definition) is 0. The normalized spacial score (nSPS) is 10.4. The van der Waals surface area contributed by atoms with Crippen LogP contribution in [0.4, 0.5) is 0 Å². The molecule has 0 unspecified atom stereocenters. The summed E-state index contributed by atoms with van der Waals surface area (Å²) in [7, 11) is 1.64.